The van der Waals surface area contributed by atoms with E-state index >= 15 is 0 Å². The van der Waals surface area contributed by atoms with Crippen molar-refractivity contribution in [1.29, 1.82) is 5.41 Å². The fourth-order valence-corrected chi connectivity index (χ4v) is 2.21. The molecule has 1 unspecified atom stereocenters. The number of hydrogen-bond acceptors (Lipinski definition) is 4. The molecule has 0 fully saturated rings. The van der Waals surface area contributed by atoms with Crippen molar-refractivity contribution in [3.8, 4) is 0 Å². The third-order valence-electron chi connectivity index (χ3n) is 3.51. The molecule has 1 aromatic rings. The van der Waals surface area contributed by atoms with Gasteiger partial charge in [0.25, 0.3) is 0 Å². The normalized spacial score (nSPS) is 12.6. The minimum absolute atomic E-state index is 0.0501. The van der Waals surface area contributed by atoms with Crippen LogP contribution in [0.4, 0.5) is 5.82 Å². The van der Waals surface area contributed by atoms with Crippen LogP contribution in [0, 0.1) is 25.2 Å². The van der Waals surface area contributed by atoms with Gasteiger partial charge in [-0.15, -0.1) is 5.10 Å². The maximum atomic E-state index is 7.77. The average molecular weight is 263 g/mol. The summed E-state index contributed by atoms with van der Waals surface area (Å²) in [6, 6.07) is 0.328. The van der Waals surface area contributed by atoms with Gasteiger partial charge in [-0.3, -0.25) is 5.41 Å². The van der Waals surface area contributed by atoms with Gasteiger partial charge in [-0.25, -0.2) is 0 Å². The summed E-state index contributed by atoms with van der Waals surface area (Å²) in [5, 5.41) is 16.2. The highest BCUT2D eigenvalue weighted by Crippen LogP contribution is 2.24. The van der Waals surface area contributed by atoms with Crippen LogP contribution < -0.4 is 10.6 Å². The zero-order valence-corrected chi connectivity index (χ0v) is 12.8. The predicted molar refractivity (Wildman–Crippen MR) is 79.8 cm³/mol. The Hall–Kier alpha value is -1.65. The summed E-state index contributed by atoms with van der Waals surface area (Å²) in [4.78, 5) is 2.07. The van der Waals surface area contributed by atoms with Gasteiger partial charge in [0.2, 0.25) is 0 Å². The Labute approximate surface area is 115 Å². The summed E-state index contributed by atoms with van der Waals surface area (Å²) in [6.45, 7) is 10.4. The highest BCUT2D eigenvalue weighted by atomic mass is 15.3. The number of aryl methyl sites for hydroxylation is 1. The van der Waals surface area contributed by atoms with Crippen molar-refractivity contribution in [1.82, 2.24) is 10.2 Å². The standard InChI is InChI=1S/C14H25N5/c1-8(2)7-9(3)19(6)14-12(13(15)16)10(4)11(5)17-18-14/h8-9H,7H2,1-6H3,(H3,15,16). The van der Waals surface area contributed by atoms with Gasteiger partial charge in [0.15, 0.2) is 5.82 Å². The molecule has 5 heteroatoms. The molecule has 0 aromatic carbocycles. The molecular formula is C14H25N5. The van der Waals surface area contributed by atoms with Gasteiger partial charge in [-0.05, 0) is 38.7 Å². The van der Waals surface area contributed by atoms with Gasteiger partial charge in [0.05, 0.1) is 11.3 Å². The Balaban J connectivity index is 3.19. The Bertz CT molecular complexity index is 467. The van der Waals surface area contributed by atoms with Crippen molar-refractivity contribution in [2.45, 2.75) is 47.1 Å². The van der Waals surface area contributed by atoms with Crippen molar-refractivity contribution >= 4 is 11.7 Å². The molecule has 1 aromatic heterocycles. The number of anilines is 1. The highest BCUT2D eigenvalue weighted by molar-refractivity contribution is 6.01. The number of hydrogen-bond donors (Lipinski definition) is 2. The van der Waals surface area contributed by atoms with Crippen LogP contribution in [-0.4, -0.2) is 29.1 Å². The second-order valence-electron chi connectivity index (χ2n) is 5.61. The van der Waals surface area contributed by atoms with Gasteiger partial charge in [0, 0.05) is 13.1 Å². The van der Waals surface area contributed by atoms with E-state index in [4.69, 9.17) is 11.1 Å². The number of nitrogen functional groups attached to an aromatic ring is 1. The van der Waals surface area contributed by atoms with Gasteiger partial charge in [-0.2, -0.15) is 5.10 Å². The molecule has 5 nitrogen and oxygen atoms in total. The molecule has 1 heterocycles. The van der Waals surface area contributed by atoms with Crippen LogP contribution in [-0.2, 0) is 0 Å². The monoisotopic (exact) mass is 263 g/mol. The molecule has 106 valence electrons. The molecule has 0 saturated heterocycles. The maximum Gasteiger partial charge on any atom is 0.162 e. The smallest absolute Gasteiger partial charge is 0.162 e. The number of rotatable bonds is 5. The fraction of sp³-hybridized carbons (Fsp3) is 0.643. The van der Waals surface area contributed by atoms with Crippen LogP contribution in [0.3, 0.4) is 0 Å². The molecule has 0 aliphatic heterocycles. The van der Waals surface area contributed by atoms with E-state index in [9.17, 15) is 0 Å². The SMILES string of the molecule is Cc1nnc(N(C)C(C)CC(C)C)c(C(=N)N)c1C. The zero-order valence-electron chi connectivity index (χ0n) is 12.8. The van der Waals surface area contributed by atoms with Crippen molar-refractivity contribution < 1.29 is 0 Å². The van der Waals surface area contributed by atoms with Gasteiger partial charge in [-0.1, -0.05) is 13.8 Å². The quantitative estimate of drug-likeness (QED) is 0.631. The topological polar surface area (TPSA) is 78.9 Å². The third kappa shape index (κ3) is 3.43. The fourth-order valence-electron chi connectivity index (χ4n) is 2.21. The van der Waals surface area contributed by atoms with E-state index in [1.165, 1.54) is 0 Å². The van der Waals surface area contributed by atoms with Crippen LogP contribution in [0.1, 0.15) is 44.0 Å². The van der Waals surface area contributed by atoms with Crippen molar-refractivity contribution in [3.63, 3.8) is 0 Å². The van der Waals surface area contributed by atoms with E-state index in [-0.39, 0.29) is 5.84 Å². The van der Waals surface area contributed by atoms with Crippen LogP contribution in [0.15, 0.2) is 0 Å². The Morgan fingerprint density at radius 1 is 1.26 bits per heavy atom. The first-order chi connectivity index (χ1) is 8.75. The third-order valence-corrected chi connectivity index (χ3v) is 3.51. The minimum atomic E-state index is 0.0501. The molecule has 0 bridgehead atoms. The largest absolute Gasteiger partial charge is 0.384 e. The number of nitrogens with one attached hydrogen (secondary N) is 1. The molecule has 1 rings (SSSR count). The molecule has 19 heavy (non-hydrogen) atoms. The number of amidine groups is 1. The minimum Gasteiger partial charge on any atom is -0.384 e. The van der Waals surface area contributed by atoms with Gasteiger partial charge in [0.1, 0.15) is 5.84 Å². The van der Waals surface area contributed by atoms with Crippen LogP contribution in [0.25, 0.3) is 0 Å². The lowest BCUT2D eigenvalue weighted by molar-refractivity contribution is 0.501. The van der Waals surface area contributed by atoms with Gasteiger partial charge < -0.3 is 10.6 Å². The Kier molecular flexibility index (Phi) is 4.86. The second-order valence-corrected chi connectivity index (χ2v) is 5.61. The molecule has 0 radical (unpaired) electrons. The lowest BCUT2D eigenvalue weighted by Crippen LogP contribution is -2.33. The van der Waals surface area contributed by atoms with E-state index in [1.807, 2.05) is 20.9 Å². The van der Waals surface area contributed by atoms with E-state index in [1.54, 1.807) is 0 Å². The Morgan fingerprint density at radius 2 is 1.84 bits per heavy atom. The number of nitrogens with zero attached hydrogens (tertiary/aromatic N) is 3. The summed E-state index contributed by atoms with van der Waals surface area (Å²) in [5.41, 5.74) is 8.16. The summed E-state index contributed by atoms with van der Waals surface area (Å²) in [5.74, 6) is 1.36. The molecule has 0 spiro atoms. The first kappa shape index (κ1) is 15.4. The first-order valence-corrected chi connectivity index (χ1v) is 6.66. The summed E-state index contributed by atoms with van der Waals surface area (Å²) >= 11 is 0. The lowest BCUT2D eigenvalue weighted by atomic mass is 10.0. The Morgan fingerprint density at radius 3 is 2.32 bits per heavy atom. The molecule has 0 aliphatic carbocycles. The van der Waals surface area contributed by atoms with E-state index in [2.05, 4.69) is 35.9 Å². The molecule has 1 atom stereocenters. The average Bonchev–Trinajstić information content (AvgIpc) is 2.30. The van der Waals surface area contributed by atoms with E-state index in [0.717, 1.165) is 17.7 Å². The second kappa shape index (κ2) is 5.99. The predicted octanol–water partition coefficient (Wildman–Crippen LogP) is 2.25. The van der Waals surface area contributed by atoms with Gasteiger partial charge >= 0.3 is 0 Å². The summed E-state index contributed by atoms with van der Waals surface area (Å²) in [7, 11) is 1.98. The van der Waals surface area contributed by atoms with Crippen LogP contribution in [0.2, 0.25) is 0 Å². The van der Waals surface area contributed by atoms with Crippen LogP contribution >= 0.6 is 0 Å². The molecular weight excluding hydrogens is 238 g/mol. The van der Waals surface area contributed by atoms with E-state index in [0.29, 0.717) is 23.3 Å². The van der Waals surface area contributed by atoms with Crippen molar-refractivity contribution in [2.75, 3.05) is 11.9 Å². The van der Waals surface area contributed by atoms with E-state index < -0.39 is 0 Å². The summed E-state index contributed by atoms with van der Waals surface area (Å²) < 4.78 is 0. The van der Waals surface area contributed by atoms with Crippen molar-refractivity contribution in [2.24, 2.45) is 11.7 Å². The van der Waals surface area contributed by atoms with Crippen molar-refractivity contribution in [3.05, 3.63) is 16.8 Å². The number of aromatic nitrogens is 2. The first-order valence-electron chi connectivity index (χ1n) is 6.66. The summed E-state index contributed by atoms with van der Waals surface area (Å²) in [6.07, 6.45) is 1.06. The molecule has 0 saturated carbocycles. The molecule has 0 amide bonds. The zero-order chi connectivity index (χ0) is 14.7. The molecule has 3 N–H and O–H groups in total. The molecule has 0 aliphatic rings. The number of nitrogens with two attached hydrogens (primary N) is 1. The van der Waals surface area contributed by atoms with Crippen LogP contribution in [0.5, 0.6) is 0 Å². The highest BCUT2D eigenvalue weighted by Gasteiger charge is 2.20. The lowest BCUT2D eigenvalue weighted by Gasteiger charge is -2.29. The maximum absolute atomic E-state index is 7.77.